The van der Waals surface area contributed by atoms with Crippen LogP contribution in [0, 0.1) is 11.3 Å². The number of halogens is 3. The maximum Gasteiger partial charge on any atom is 0.416 e. The van der Waals surface area contributed by atoms with Crippen molar-refractivity contribution >= 4 is 33.4 Å². The van der Waals surface area contributed by atoms with Crippen LogP contribution < -0.4 is 10.2 Å². The Hall–Kier alpha value is -4.18. The van der Waals surface area contributed by atoms with Crippen molar-refractivity contribution in [3.63, 3.8) is 0 Å². The van der Waals surface area contributed by atoms with Crippen molar-refractivity contribution in [3.05, 3.63) is 70.4 Å². The number of ketones is 1. The van der Waals surface area contributed by atoms with Crippen molar-refractivity contribution in [1.82, 2.24) is 10.2 Å². The summed E-state index contributed by atoms with van der Waals surface area (Å²) < 4.78 is 66.3. The predicted molar refractivity (Wildman–Crippen MR) is 138 cm³/mol. The number of hydrogen-bond donors (Lipinski definition) is 1. The van der Waals surface area contributed by atoms with Crippen molar-refractivity contribution in [3.8, 4) is 6.07 Å². The van der Waals surface area contributed by atoms with E-state index in [1.165, 1.54) is 18.2 Å². The zero-order valence-electron chi connectivity index (χ0n) is 21.7. The number of sulfone groups is 1. The summed E-state index contributed by atoms with van der Waals surface area (Å²) in [4.78, 5) is 42.3. The SMILES string of the molecule is CC(C)NC(=O)N1C(=O)N(c2cccc(C(F)(F)F)c2)C2=C(C(=O)CCC2)[C@H]1c1ccc(C#N)cc1S(C)(=O)=O. The van der Waals surface area contributed by atoms with E-state index in [4.69, 9.17) is 0 Å². The zero-order valence-corrected chi connectivity index (χ0v) is 22.6. The highest BCUT2D eigenvalue weighted by atomic mass is 32.2. The number of amides is 4. The summed E-state index contributed by atoms with van der Waals surface area (Å²) in [5, 5.41) is 11.9. The summed E-state index contributed by atoms with van der Waals surface area (Å²) >= 11 is 0. The van der Waals surface area contributed by atoms with Gasteiger partial charge < -0.3 is 5.32 Å². The highest BCUT2D eigenvalue weighted by Crippen LogP contribution is 2.46. The van der Waals surface area contributed by atoms with Crippen molar-refractivity contribution in [2.45, 2.75) is 56.3 Å². The summed E-state index contributed by atoms with van der Waals surface area (Å²) in [5.74, 6) is -0.484. The van der Waals surface area contributed by atoms with E-state index in [9.17, 15) is 41.2 Å². The molecule has 40 heavy (non-hydrogen) atoms. The summed E-state index contributed by atoms with van der Waals surface area (Å²) in [6.07, 6.45) is -3.41. The number of anilines is 1. The second kappa shape index (κ2) is 10.4. The Morgan fingerprint density at radius 3 is 2.42 bits per heavy atom. The lowest BCUT2D eigenvalue weighted by Crippen LogP contribution is -2.57. The van der Waals surface area contributed by atoms with Gasteiger partial charge in [-0.25, -0.2) is 22.9 Å². The average molecular weight is 575 g/mol. The van der Waals surface area contributed by atoms with Crippen LogP contribution in [0.2, 0.25) is 0 Å². The minimum absolute atomic E-state index is 0.000686. The Balaban J connectivity index is 2.07. The number of carbonyl (C=O) groups excluding carboxylic acids is 3. The van der Waals surface area contributed by atoms with E-state index < -0.39 is 51.5 Å². The number of Topliss-reactive ketones (excluding diaryl/α,β-unsaturated/α-hetero) is 1. The van der Waals surface area contributed by atoms with E-state index >= 15 is 0 Å². The molecular weight excluding hydrogens is 549 g/mol. The third kappa shape index (κ3) is 5.31. The van der Waals surface area contributed by atoms with Gasteiger partial charge in [-0.05, 0) is 62.6 Å². The topological polar surface area (TPSA) is 128 Å². The summed E-state index contributed by atoms with van der Waals surface area (Å²) in [5.41, 5.74) is -1.31. The van der Waals surface area contributed by atoms with Gasteiger partial charge in [-0.3, -0.25) is 9.69 Å². The Morgan fingerprint density at radius 1 is 1.12 bits per heavy atom. The van der Waals surface area contributed by atoms with Crippen LogP contribution in [0.15, 0.2) is 58.6 Å². The Morgan fingerprint density at radius 2 is 1.82 bits per heavy atom. The van der Waals surface area contributed by atoms with Crippen molar-refractivity contribution in [2.24, 2.45) is 0 Å². The number of urea groups is 2. The molecule has 0 aromatic heterocycles. The van der Waals surface area contributed by atoms with Crippen LogP contribution in [0.4, 0.5) is 28.4 Å². The Labute approximate surface area is 228 Å². The van der Waals surface area contributed by atoms with Crippen LogP contribution in [-0.4, -0.2) is 43.5 Å². The van der Waals surface area contributed by atoms with Gasteiger partial charge in [0.15, 0.2) is 15.6 Å². The molecule has 0 saturated heterocycles. The van der Waals surface area contributed by atoms with E-state index in [1.54, 1.807) is 13.8 Å². The second-order valence-corrected chi connectivity index (χ2v) is 11.8. The number of benzene rings is 2. The van der Waals surface area contributed by atoms with Crippen molar-refractivity contribution < 1.29 is 36.0 Å². The lowest BCUT2D eigenvalue weighted by atomic mass is 9.83. The second-order valence-electron chi connectivity index (χ2n) is 9.82. The first-order chi connectivity index (χ1) is 18.6. The molecule has 210 valence electrons. The molecule has 0 saturated carbocycles. The molecule has 0 unspecified atom stereocenters. The molecule has 1 aliphatic heterocycles. The van der Waals surface area contributed by atoms with E-state index in [0.29, 0.717) is 4.90 Å². The Bertz CT molecular complexity index is 1590. The molecule has 13 heteroatoms. The lowest BCUT2D eigenvalue weighted by molar-refractivity contribution is -0.137. The number of allylic oxidation sites excluding steroid dienone is 1. The Kier molecular flexibility index (Phi) is 7.51. The van der Waals surface area contributed by atoms with Gasteiger partial charge in [0.1, 0.15) is 6.04 Å². The first-order valence-corrected chi connectivity index (χ1v) is 14.2. The minimum atomic E-state index is -4.72. The van der Waals surface area contributed by atoms with Gasteiger partial charge in [0.2, 0.25) is 0 Å². The van der Waals surface area contributed by atoms with Crippen LogP contribution >= 0.6 is 0 Å². The molecule has 1 atom stereocenters. The first-order valence-electron chi connectivity index (χ1n) is 12.3. The molecule has 2 aromatic rings. The molecule has 9 nitrogen and oxygen atoms in total. The average Bonchev–Trinajstić information content (AvgIpc) is 2.86. The number of rotatable bonds is 4. The van der Waals surface area contributed by atoms with Gasteiger partial charge in [0.05, 0.1) is 27.8 Å². The fraction of sp³-hybridized carbons (Fsp3) is 0.333. The molecule has 2 aromatic carbocycles. The molecule has 4 rings (SSSR count). The molecule has 1 N–H and O–H groups in total. The molecule has 2 aliphatic rings. The van der Waals surface area contributed by atoms with Crippen LogP contribution in [0.1, 0.15) is 55.8 Å². The molecular formula is C27H25F3N4O5S. The van der Waals surface area contributed by atoms with Crippen LogP contribution in [0.5, 0.6) is 0 Å². The molecule has 0 fully saturated rings. The number of imide groups is 1. The smallest absolute Gasteiger partial charge is 0.335 e. The fourth-order valence-electron chi connectivity index (χ4n) is 4.91. The maximum absolute atomic E-state index is 14.1. The van der Waals surface area contributed by atoms with Gasteiger partial charge in [-0.2, -0.15) is 18.4 Å². The monoisotopic (exact) mass is 574 g/mol. The molecule has 1 heterocycles. The van der Waals surface area contributed by atoms with E-state index in [2.05, 4.69) is 5.32 Å². The number of alkyl halides is 3. The van der Waals surface area contributed by atoms with Crippen LogP contribution in [0.25, 0.3) is 0 Å². The van der Waals surface area contributed by atoms with Gasteiger partial charge in [0, 0.05) is 30.0 Å². The summed E-state index contributed by atoms with van der Waals surface area (Å²) in [6, 6.07) is 5.46. The standard InChI is InChI=1S/C27H25F3N4O5S/c1-15(2)32-25(36)34-24(19-11-10-16(14-31)12-22(19)40(3,38)39)23-20(8-5-9-21(23)35)33(26(34)37)18-7-4-6-17(13-18)27(28,29)30/h4,6-7,10-13,15,24H,5,8-9H2,1-3H3,(H,32,36)/t24-/m1/s1. The van der Waals surface area contributed by atoms with Crippen LogP contribution in [0.3, 0.4) is 0 Å². The predicted octanol–water partition coefficient (Wildman–Crippen LogP) is 5.09. The highest BCUT2D eigenvalue weighted by molar-refractivity contribution is 7.90. The first kappa shape index (κ1) is 28.8. The molecule has 0 bridgehead atoms. The third-order valence-electron chi connectivity index (χ3n) is 6.53. The van der Waals surface area contributed by atoms with Gasteiger partial charge in [-0.1, -0.05) is 12.1 Å². The van der Waals surface area contributed by atoms with Crippen molar-refractivity contribution in [1.29, 1.82) is 5.26 Å². The quantitative estimate of drug-likeness (QED) is 0.542. The minimum Gasteiger partial charge on any atom is -0.335 e. The normalized spacial score (nSPS) is 18.1. The molecule has 0 radical (unpaired) electrons. The summed E-state index contributed by atoms with van der Waals surface area (Å²) in [7, 11) is -4.04. The molecule has 0 spiro atoms. The van der Waals surface area contributed by atoms with Gasteiger partial charge in [-0.15, -0.1) is 0 Å². The van der Waals surface area contributed by atoms with E-state index in [-0.39, 0.29) is 52.2 Å². The number of hydrogen-bond acceptors (Lipinski definition) is 6. The zero-order chi connectivity index (χ0) is 29.6. The number of carbonyl (C=O) groups is 3. The lowest BCUT2D eigenvalue weighted by Gasteiger charge is -2.44. The number of nitrogens with one attached hydrogen (secondary N) is 1. The molecule has 4 amide bonds. The van der Waals surface area contributed by atoms with Gasteiger partial charge in [0.25, 0.3) is 0 Å². The summed E-state index contributed by atoms with van der Waals surface area (Å²) in [6.45, 7) is 3.23. The third-order valence-corrected chi connectivity index (χ3v) is 7.68. The molecule has 1 aliphatic carbocycles. The van der Waals surface area contributed by atoms with Crippen molar-refractivity contribution in [2.75, 3.05) is 11.2 Å². The fourth-order valence-corrected chi connectivity index (χ4v) is 5.85. The highest BCUT2D eigenvalue weighted by Gasteiger charge is 2.48. The maximum atomic E-state index is 14.1. The van der Waals surface area contributed by atoms with Crippen LogP contribution in [-0.2, 0) is 20.8 Å². The number of nitriles is 1. The van der Waals surface area contributed by atoms with Gasteiger partial charge >= 0.3 is 18.2 Å². The van der Waals surface area contributed by atoms with E-state index in [0.717, 1.165) is 35.4 Å². The largest absolute Gasteiger partial charge is 0.416 e. The van der Waals surface area contributed by atoms with E-state index in [1.807, 2.05) is 6.07 Å². The number of nitrogens with zero attached hydrogens (tertiary/aromatic N) is 3.